The first-order chi connectivity index (χ1) is 14.5. The van der Waals surface area contributed by atoms with Gasteiger partial charge in [-0.1, -0.05) is 17.3 Å². The number of nitrogens with zero attached hydrogens (tertiary/aromatic N) is 4. The summed E-state index contributed by atoms with van der Waals surface area (Å²) in [5.74, 6) is -1.01. The predicted molar refractivity (Wildman–Crippen MR) is 106 cm³/mol. The number of hydrogen-bond donors (Lipinski definition) is 1. The third-order valence-electron chi connectivity index (χ3n) is 4.44. The molecule has 7 nitrogen and oxygen atoms in total. The van der Waals surface area contributed by atoms with Gasteiger partial charge in [0.2, 0.25) is 0 Å². The van der Waals surface area contributed by atoms with Crippen LogP contribution in [0.2, 0.25) is 0 Å². The van der Waals surface area contributed by atoms with Crippen molar-refractivity contribution in [2.75, 3.05) is 12.4 Å². The molecule has 2 aromatic heterocycles. The maximum absolute atomic E-state index is 13.9. The molecule has 9 heteroatoms. The van der Waals surface area contributed by atoms with E-state index < -0.39 is 17.5 Å². The summed E-state index contributed by atoms with van der Waals surface area (Å²) in [6.45, 7) is 0.339. The van der Waals surface area contributed by atoms with Gasteiger partial charge < -0.3 is 14.6 Å². The molecule has 30 heavy (non-hydrogen) atoms. The Labute approximate surface area is 170 Å². The van der Waals surface area contributed by atoms with E-state index in [1.54, 1.807) is 40.9 Å². The van der Waals surface area contributed by atoms with E-state index in [4.69, 9.17) is 4.74 Å². The van der Waals surface area contributed by atoms with Crippen molar-refractivity contribution in [3.63, 3.8) is 0 Å². The van der Waals surface area contributed by atoms with E-state index in [1.165, 1.54) is 0 Å². The molecule has 4 aromatic rings. The minimum atomic E-state index is -0.752. The van der Waals surface area contributed by atoms with Crippen LogP contribution in [0.15, 0.2) is 67.0 Å². The fraction of sp³-hybridized carbons (Fsp3) is 0.0952. The van der Waals surface area contributed by atoms with Crippen LogP contribution in [0.1, 0.15) is 16.1 Å². The van der Waals surface area contributed by atoms with Crippen LogP contribution in [0, 0.1) is 11.6 Å². The van der Waals surface area contributed by atoms with E-state index in [-0.39, 0.29) is 11.4 Å². The molecular weight excluding hydrogens is 392 g/mol. The molecule has 0 saturated heterocycles. The van der Waals surface area contributed by atoms with Crippen molar-refractivity contribution in [1.82, 2.24) is 19.6 Å². The largest absolute Gasteiger partial charge is 0.497 e. The molecule has 0 fully saturated rings. The first-order valence-electron chi connectivity index (χ1n) is 9.01. The lowest BCUT2D eigenvalue weighted by molar-refractivity contribution is 0.102. The third-order valence-corrected chi connectivity index (χ3v) is 4.44. The predicted octanol–water partition coefficient (Wildman–Crippen LogP) is 3.66. The normalized spacial score (nSPS) is 10.8. The number of carbonyl (C=O) groups is 1. The Balaban J connectivity index is 1.68. The molecule has 0 saturated carbocycles. The van der Waals surface area contributed by atoms with E-state index in [0.717, 1.165) is 29.5 Å². The van der Waals surface area contributed by atoms with Crippen molar-refractivity contribution in [2.45, 2.75) is 6.54 Å². The molecule has 4 rings (SSSR count). The number of methoxy groups -OCH3 is 1. The standard InChI is InChI=1S/C21H17F2N5O2/c1-30-16-7-4-14(5-8-16)13-28-21(27-10-2-3-11-27)19(25-26-28)20(29)24-18-12-15(22)6-9-17(18)23/h2-12H,13H2,1H3,(H,24,29). The Hall–Kier alpha value is -4.01. The summed E-state index contributed by atoms with van der Waals surface area (Å²) >= 11 is 0. The molecule has 0 spiro atoms. The first kappa shape index (κ1) is 19.3. The Bertz CT molecular complexity index is 1170. The zero-order chi connectivity index (χ0) is 21.1. The van der Waals surface area contributed by atoms with Gasteiger partial charge in [-0.2, -0.15) is 0 Å². The quantitative estimate of drug-likeness (QED) is 0.528. The molecule has 0 aliphatic rings. The highest BCUT2D eigenvalue weighted by molar-refractivity contribution is 6.04. The molecule has 0 aliphatic heterocycles. The number of carbonyl (C=O) groups excluding carboxylic acids is 1. The molecule has 1 amide bonds. The van der Waals surface area contributed by atoms with Gasteiger partial charge in [-0.15, -0.1) is 5.10 Å². The number of anilines is 1. The lowest BCUT2D eigenvalue weighted by Gasteiger charge is -2.10. The van der Waals surface area contributed by atoms with E-state index >= 15 is 0 Å². The average Bonchev–Trinajstić information content (AvgIpc) is 3.41. The zero-order valence-corrected chi connectivity index (χ0v) is 15.9. The summed E-state index contributed by atoms with van der Waals surface area (Å²) < 4.78 is 35.8. The summed E-state index contributed by atoms with van der Waals surface area (Å²) in [6, 6.07) is 13.8. The van der Waals surface area contributed by atoms with Crippen molar-refractivity contribution in [1.29, 1.82) is 0 Å². The minimum Gasteiger partial charge on any atom is -0.497 e. The van der Waals surface area contributed by atoms with E-state index in [2.05, 4.69) is 15.6 Å². The number of rotatable bonds is 6. The second kappa shape index (κ2) is 8.16. The molecule has 0 radical (unpaired) electrons. The van der Waals surface area contributed by atoms with Gasteiger partial charge in [0.1, 0.15) is 17.4 Å². The van der Waals surface area contributed by atoms with Gasteiger partial charge in [0.25, 0.3) is 5.91 Å². The topological polar surface area (TPSA) is 74.0 Å². The molecule has 2 heterocycles. The molecule has 0 aliphatic carbocycles. The Morgan fingerprint density at radius 3 is 2.53 bits per heavy atom. The van der Waals surface area contributed by atoms with Crippen molar-refractivity contribution < 1.29 is 18.3 Å². The van der Waals surface area contributed by atoms with Gasteiger partial charge in [0.05, 0.1) is 19.3 Å². The zero-order valence-electron chi connectivity index (χ0n) is 15.9. The third kappa shape index (κ3) is 3.90. The van der Waals surface area contributed by atoms with Crippen molar-refractivity contribution >= 4 is 11.6 Å². The summed E-state index contributed by atoms with van der Waals surface area (Å²) in [6.07, 6.45) is 3.48. The maximum atomic E-state index is 13.9. The van der Waals surface area contributed by atoms with E-state index in [0.29, 0.717) is 12.4 Å². The molecule has 0 atom stereocenters. The highest BCUT2D eigenvalue weighted by Gasteiger charge is 2.22. The van der Waals surface area contributed by atoms with Crippen LogP contribution in [0.3, 0.4) is 0 Å². The number of aromatic nitrogens is 4. The van der Waals surface area contributed by atoms with Crippen molar-refractivity contribution in [3.8, 4) is 11.6 Å². The van der Waals surface area contributed by atoms with Crippen molar-refractivity contribution in [3.05, 3.63) is 89.9 Å². The van der Waals surface area contributed by atoms with Crippen LogP contribution >= 0.6 is 0 Å². The second-order valence-electron chi connectivity index (χ2n) is 6.44. The fourth-order valence-electron chi connectivity index (χ4n) is 2.97. The molecule has 0 unspecified atom stereocenters. The monoisotopic (exact) mass is 409 g/mol. The van der Waals surface area contributed by atoms with Gasteiger partial charge in [-0.3, -0.25) is 4.79 Å². The maximum Gasteiger partial charge on any atom is 0.280 e. The van der Waals surface area contributed by atoms with E-state index in [1.807, 2.05) is 24.3 Å². The van der Waals surface area contributed by atoms with E-state index in [9.17, 15) is 13.6 Å². The molecular formula is C21H17F2N5O2. The second-order valence-corrected chi connectivity index (χ2v) is 6.44. The van der Waals surface area contributed by atoms with Gasteiger partial charge in [0, 0.05) is 18.5 Å². The number of ether oxygens (including phenoxy) is 1. The van der Waals surface area contributed by atoms with Crippen LogP contribution in [0.5, 0.6) is 5.75 Å². The van der Waals surface area contributed by atoms with Crippen LogP contribution in [-0.2, 0) is 6.54 Å². The highest BCUT2D eigenvalue weighted by Crippen LogP contribution is 2.20. The molecule has 2 aromatic carbocycles. The number of nitrogens with one attached hydrogen (secondary N) is 1. The fourth-order valence-corrected chi connectivity index (χ4v) is 2.97. The Morgan fingerprint density at radius 1 is 1.10 bits per heavy atom. The number of hydrogen-bond acceptors (Lipinski definition) is 4. The lowest BCUT2D eigenvalue weighted by Crippen LogP contribution is -2.17. The van der Waals surface area contributed by atoms with Gasteiger partial charge in [-0.25, -0.2) is 13.5 Å². The Kier molecular flexibility index (Phi) is 5.25. The molecule has 152 valence electrons. The Morgan fingerprint density at radius 2 is 1.83 bits per heavy atom. The van der Waals surface area contributed by atoms with Crippen LogP contribution < -0.4 is 10.1 Å². The van der Waals surface area contributed by atoms with Crippen LogP contribution in [0.4, 0.5) is 14.5 Å². The molecule has 1 N–H and O–H groups in total. The smallest absolute Gasteiger partial charge is 0.280 e. The van der Waals surface area contributed by atoms with Crippen LogP contribution in [-0.4, -0.2) is 32.6 Å². The highest BCUT2D eigenvalue weighted by atomic mass is 19.1. The van der Waals surface area contributed by atoms with Gasteiger partial charge in [0.15, 0.2) is 11.5 Å². The minimum absolute atomic E-state index is 0.0247. The number of amides is 1. The summed E-state index contributed by atoms with van der Waals surface area (Å²) in [4.78, 5) is 12.8. The van der Waals surface area contributed by atoms with Gasteiger partial charge in [-0.05, 0) is 42.0 Å². The van der Waals surface area contributed by atoms with Gasteiger partial charge >= 0.3 is 0 Å². The molecule has 0 bridgehead atoms. The van der Waals surface area contributed by atoms with Crippen molar-refractivity contribution in [2.24, 2.45) is 0 Å². The summed E-state index contributed by atoms with van der Waals surface area (Å²) in [7, 11) is 1.59. The lowest BCUT2D eigenvalue weighted by atomic mass is 10.2. The summed E-state index contributed by atoms with van der Waals surface area (Å²) in [5.41, 5.74) is 0.615. The SMILES string of the molecule is COc1ccc(Cn2nnc(C(=O)Nc3cc(F)ccc3F)c2-n2cccc2)cc1. The first-order valence-corrected chi connectivity index (χ1v) is 9.01. The summed E-state index contributed by atoms with van der Waals surface area (Å²) in [5, 5.41) is 10.5. The average molecular weight is 409 g/mol. The van der Waals surface area contributed by atoms with Crippen LogP contribution in [0.25, 0.3) is 5.82 Å². The number of benzene rings is 2. The number of halogens is 2.